The van der Waals surface area contributed by atoms with Crippen LogP contribution in [0.15, 0.2) is 6.20 Å². The summed E-state index contributed by atoms with van der Waals surface area (Å²) in [6.07, 6.45) is 1.75. The maximum Gasteiger partial charge on any atom is 0.239 e. The predicted molar refractivity (Wildman–Crippen MR) is 70.7 cm³/mol. The van der Waals surface area contributed by atoms with Crippen LogP contribution in [-0.4, -0.2) is 27.5 Å². The molecule has 1 atom stereocenters. The third-order valence-corrected chi connectivity index (χ3v) is 3.20. The summed E-state index contributed by atoms with van der Waals surface area (Å²) in [5.41, 5.74) is 3.46. The van der Waals surface area contributed by atoms with E-state index in [1.54, 1.807) is 6.20 Å². The van der Waals surface area contributed by atoms with Crippen molar-refractivity contribution in [1.29, 1.82) is 0 Å². The van der Waals surface area contributed by atoms with Crippen molar-refractivity contribution in [3.05, 3.63) is 11.8 Å². The van der Waals surface area contributed by atoms with Crippen LogP contribution in [-0.2, 0) is 0 Å². The van der Waals surface area contributed by atoms with Crippen molar-refractivity contribution in [3.8, 4) is 0 Å². The summed E-state index contributed by atoms with van der Waals surface area (Å²) in [6, 6.07) is 0.379. The van der Waals surface area contributed by atoms with Gasteiger partial charge in [-0.2, -0.15) is 16.7 Å². The highest BCUT2D eigenvalue weighted by molar-refractivity contribution is 7.99. The molecule has 16 heavy (non-hydrogen) atoms. The average molecular weight is 241 g/mol. The van der Waals surface area contributed by atoms with Crippen molar-refractivity contribution in [2.24, 2.45) is 5.84 Å². The monoisotopic (exact) mass is 241 g/mol. The molecule has 0 aromatic carbocycles. The number of thioether (sulfide) groups is 1. The van der Waals surface area contributed by atoms with Gasteiger partial charge in [0.25, 0.3) is 0 Å². The maximum absolute atomic E-state index is 5.27. The maximum atomic E-state index is 5.27. The molecule has 1 rings (SSSR count). The Morgan fingerprint density at radius 3 is 2.94 bits per heavy atom. The fraction of sp³-hybridized carbons (Fsp3) is 0.600. The quantitative estimate of drug-likeness (QED) is 0.519. The highest BCUT2D eigenvalue weighted by Crippen LogP contribution is 2.14. The third-order valence-electron chi connectivity index (χ3n) is 2.06. The Labute approximate surface area is 101 Å². The largest absolute Gasteiger partial charge is 0.366 e. The van der Waals surface area contributed by atoms with Crippen molar-refractivity contribution in [3.63, 3.8) is 0 Å². The molecule has 4 N–H and O–H groups in total. The number of nitrogens with two attached hydrogens (primary N) is 1. The van der Waals surface area contributed by atoms with Gasteiger partial charge in [-0.3, -0.25) is 5.43 Å². The molecule has 1 aromatic heterocycles. The lowest BCUT2D eigenvalue weighted by atomic mass is 10.3. The van der Waals surface area contributed by atoms with Crippen molar-refractivity contribution in [2.45, 2.75) is 26.8 Å². The second-order valence-corrected chi connectivity index (χ2v) is 4.89. The first kappa shape index (κ1) is 13.1. The average Bonchev–Trinajstić information content (AvgIpc) is 2.29. The first-order chi connectivity index (χ1) is 7.67. The Hall–Kier alpha value is -1.01. The summed E-state index contributed by atoms with van der Waals surface area (Å²) in [5.74, 6) is 8.74. The van der Waals surface area contributed by atoms with E-state index in [2.05, 4.69) is 34.6 Å². The van der Waals surface area contributed by atoms with E-state index in [0.717, 1.165) is 22.9 Å². The zero-order chi connectivity index (χ0) is 12.0. The minimum absolute atomic E-state index is 0.379. The Balaban J connectivity index is 2.64. The molecule has 0 aliphatic heterocycles. The highest BCUT2D eigenvalue weighted by Gasteiger charge is 2.06. The van der Waals surface area contributed by atoms with Crippen LogP contribution in [0.2, 0.25) is 0 Å². The summed E-state index contributed by atoms with van der Waals surface area (Å²) in [5, 5.41) is 3.35. The van der Waals surface area contributed by atoms with Crippen LogP contribution in [0.5, 0.6) is 0 Å². The molecule has 1 unspecified atom stereocenters. The molecule has 0 saturated carbocycles. The second kappa shape index (κ2) is 6.55. The van der Waals surface area contributed by atoms with Gasteiger partial charge in [0.05, 0.1) is 0 Å². The smallest absolute Gasteiger partial charge is 0.239 e. The molecule has 0 amide bonds. The van der Waals surface area contributed by atoms with Gasteiger partial charge in [0.2, 0.25) is 5.95 Å². The molecular formula is C10H19N5S. The van der Waals surface area contributed by atoms with E-state index in [1.807, 2.05) is 18.7 Å². The van der Waals surface area contributed by atoms with Crippen LogP contribution < -0.4 is 16.6 Å². The predicted octanol–water partition coefficient (Wildman–Crippen LogP) is 1.62. The van der Waals surface area contributed by atoms with Gasteiger partial charge >= 0.3 is 0 Å². The van der Waals surface area contributed by atoms with Crippen LogP contribution in [0.25, 0.3) is 0 Å². The van der Waals surface area contributed by atoms with Gasteiger partial charge in [-0.05, 0) is 19.6 Å². The lowest BCUT2D eigenvalue weighted by molar-refractivity contribution is 0.894. The molecular weight excluding hydrogens is 222 g/mol. The summed E-state index contributed by atoms with van der Waals surface area (Å²) in [6.45, 7) is 6.27. The van der Waals surface area contributed by atoms with E-state index in [-0.39, 0.29) is 0 Å². The fourth-order valence-corrected chi connectivity index (χ4v) is 1.90. The number of nitrogens with one attached hydrogen (secondary N) is 2. The van der Waals surface area contributed by atoms with Gasteiger partial charge in [0, 0.05) is 23.6 Å². The SMILES string of the molecule is CCSCC(C)Nc1nc(NN)ncc1C. The van der Waals surface area contributed by atoms with Gasteiger partial charge < -0.3 is 5.32 Å². The standard InChI is InChI=1S/C10H19N5S/c1-4-16-6-8(3)13-9-7(2)5-12-10(14-9)15-11/h5,8H,4,6,11H2,1-3H3,(H2,12,13,14,15). The normalized spacial score (nSPS) is 12.2. The minimum atomic E-state index is 0.379. The first-order valence-corrected chi connectivity index (χ1v) is 6.47. The number of aromatic nitrogens is 2. The van der Waals surface area contributed by atoms with Crippen LogP contribution in [0.4, 0.5) is 11.8 Å². The summed E-state index contributed by atoms with van der Waals surface area (Å²) < 4.78 is 0. The Morgan fingerprint density at radius 2 is 2.31 bits per heavy atom. The Morgan fingerprint density at radius 1 is 1.56 bits per heavy atom. The molecule has 0 fully saturated rings. The Kier molecular flexibility index (Phi) is 5.34. The number of aryl methyl sites for hydroxylation is 1. The molecule has 0 bridgehead atoms. The van der Waals surface area contributed by atoms with E-state index >= 15 is 0 Å². The third kappa shape index (κ3) is 3.86. The topological polar surface area (TPSA) is 75.9 Å². The van der Waals surface area contributed by atoms with Crippen LogP contribution in [0, 0.1) is 6.92 Å². The molecule has 0 aliphatic rings. The van der Waals surface area contributed by atoms with Gasteiger partial charge in [-0.15, -0.1) is 0 Å². The summed E-state index contributed by atoms with van der Waals surface area (Å²) in [7, 11) is 0. The second-order valence-electron chi connectivity index (χ2n) is 3.57. The molecule has 6 heteroatoms. The summed E-state index contributed by atoms with van der Waals surface area (Å²) >= 11 is 1.91. The molecule has 0 radical (unpaired) electrons. The van der Waals surface area contributed by atoms with E-state index in [1.165, 1.54) is 0 Å². The fourth-order valence-electron chi connectivity index (χ4n) is 1.23. The minimum Gasteiger partial charge on any atom is -0.366 e. The Bertz CT molecular complexity index is 331. The molecule has 90 valence electrons. The van der Waals surface area contributed by atoms with Gasteiger partial charge in [0.15, 0.2) is 0 Å². The van der Waals surface area contributed by atoms with E-state index < -0.39 is 0 Å². The molecule has 0 saturated heterocycles. The lowest BCUT2D eigenvalue weighted by Crippen LogP contribution is -2.21. The zero-order valence-electron chi connectivity index (χ0n) is 9.95. The molecule has 1 aromatic rings. The molecule has 5 nitrogen and oxygen atoms in total. The van der Waals surface area contributed by atoms with Crippen LogP contribution >= 0.6 is 11.8 Å². The number of anilines is 2. The molecule has 0 aliphatic carbocycles. The van der Waals surface area contributed by atoms with Gasteiger partial charge in [0.1, 0.15) is 5.82 Å². The van der Waals surface area contributed by atoms with E-state index in [0.29, 0.717) is 12.0 Å². The zero-order valence-corrected chi connectivity index (χ0v) is 10.8. The number of hydrogen-bond donors (Lipinski definition) is 3. The van der Waals surface area contributed by atoms with Crippen LogP contribution in [0.3, 0.4) is 0 Å². The highest BCUT2D eigenvalue weighted by atomic mass is 32.2. The number of nitrogen functional groups attached to an aromatic ring is 1. The first-order valence-electron chi connectivity index (χ1n) is 5.32. The van der Waals surface area contributed by atoms with E-state index in [9.17, 15) is 0 Å². The molecule has 1 heterocycles. The van der Waals surface area contributed by atoms with Gasteiger partial charge in [-0.1, -0.05) is 6.92 Å². The number of rotatable bonds is 6. The number of hydrazine groups is 1. The van der Waals surface area contributed by atoms with Crippen molar-refractivity contribution in [2.75, 3.05) is 22.2 Å². The van der Waals surface area contributed by atoms with Gasteiger partial charge in [-0.25, -0.2) is 10.8 Å². The molecule has 0 spiro atoms. The van der Waals surface area contributed by atoms with E-state index in [4.69, 9.17) is 5.84 Å². The lowest BCUT2D eigenvalue weighted by Gasteiger charge is -2.15. The summed E-state index contributed by atoms with van der Waals surface area (Å²) in [4.78, 5) is 8.31. The van der Waals surface area contributed by atoms with Crippen molar-refractivity contribution < 1.29 is 0 Å². The van der Waals surface area contributed by atoms with Crippen molar-refractivity contribution >= 4 is 23.5 Å². The number of nitrogens with zero attached hydrogens (tertiary/aromatic N) is 2. The van der Waals surface area contributed by atoms with Crippen LogP contribution in [0.1, 0.15) is 19.4 Å². The number of hydrogen-bond acceptors (Lipinski definition) is 6. The van der Waals surface area contributed by atoms with Crippen molar-refractivity contribution in [1.82, 2.24) is 9.97 Å².